The van der Waals surface area contributed by atoms with Gasteiger partial charge in [0.05, 0.1) is 19.8 Å². The van der Waals surface area contributed by atoms with Crippen molar-refractivity contribution in [1.29, 1.82) is 0 Å². The van der Waals surface area contributed by atoms with Gasteiger partial charge in [0.25, 0.3) is 0 Å². The van der Waals surface area contributed by atoms with E-state index in [9.17, 15) is 9.59 Å². The SMILES string of the molecule is CCCC[Si](C)(C)CCCCCOc1ccc(CCC(N)(C(=O)OCC)C(=O)OCC)cc1. The molecule has 0 unspecified atom stereocenters. The second-order valence-corrected chi connectivity index (χ2v) is 14.8. The summed E-state index contributed by atoms with van der Waals surface area (Å²) in [4.78, 5) is 24.6. The Morgan fingerprint density at radius 3 is 2.00 bits per heavy atom. The van der Waals surface area contributed by atoms with Gasteiger partial charge in [0, 0.05) is 8.07 Å². The summed E-state index contributed by atoms with van der Waals surface area (Å²) < 4.78 is 15.9. The molecule has 0 atom stereocenters. The molecule has 0 spiro atoms. The number of hydrogen-bond acceptors (Lipinski definition) is 6. The fraction of sp³-hybridized carbons (Fsp3) is 0.692. The van der Waals surface area contributed by atoms with Crippen LogP contribution in [0.1, 0.15) is 64.9 Å². The van der Waals surface area contributed by atoms with Crippen LogP contribution in [0.25, 0.3) is 0 Å². The monoisotopic (exact) mass is 479 g/mol. The highest BCUT2D eigenvalue weighted by molar-refractivity contribution is 6.77. The maximum absolute atomic E-state index is 12.3. The molecule has 0 bridgehead atoms. The molecule has 7 heteroatoms. The molecule has 6 nitrogen and oxygen atoms in total. The highest BCUT2D eigenvalue weighted by Gasteiger charge is 2.44. The van der Waals surface area contributed by atoms with Gasteiger partial charge in [-0.15, -0.1) is 0 Å². The minimum Gasteiger partial charge on any atom is -0.494 e. The molecule has 0 radical (unpaired) electrons. The number of ether oxygens (including phenoxy) is 3. The summed E-state index contributed by atoms with van der Waals surface area (Å²) in [6.45, 7) is 11.7. The van der Waals surface area contributed by atoms with Gasteiger partial charge in [0.1, 0.15) is 5.75 Å². The summed E-state index contributed by atoms with van der Waals surface area (Å²) in [6, 6.07) is 10.6. The number of nitrogens with two attached hydrogens (primary N) is 1. The van der Waals surface area contributed by atoms with E-state index in [4.69, 9.17) is 19.9 Å². The fourth-order valence-electron chi connectivity index (χ4n) is 3.75. The van der Waals surface area contributed by atoms with Gasteiger partial charge in [-0.1, -0.05) is 69.9 Å². The zero-order valence-electron chi connectivity index (χ0n) is 21.4. The smallest absolute Gasteiger partial charge is 0.337 e. The van der Waals surface area contributed by atoms with Crippen LogP contribution in [-0.4, -0.2) is 45.4 Å². The Labute approximate surface area is 201 Å². The molecule has 0 aromatic heterocycles. The first kappa shape index (κ1) is 29.2. The molecule has 0 saturated heterocycles. The second kappa shape index (κ2) is 15.1. The first-order valence-corrected chi connectivity index (χ1v) is 15.9. The van der Waals surface area contributed by atoms with Gasteiger partial charge in [-0.2, -0.15) is 0 Å². The summed E-state index contributed by atoms with van der Waals surface area (Å²) in [6.07, 6.45) is 6.81. The summed E-state index contributed by atoms with van der Waals surface area (Å²) in [5.41, 5.74) is 5.29. The van der Waals surface area contributed by atoms with Crippen LogP contribution in [-0.2, 0) is 25.5 Å². The molecule has 1 aromatic rings. The zero-order chi connectivity index (χ0) is 24.7. The van der Waals surface area contributed by atoms with Crippen LogP contribution in [0.5, 0.6) is 5.75 Å². The maximum atomic E-state index is 12.3. The minimum atomic E-state index is -1.80. The normalized spacial score (nSPS) is 11.8. The van der Waals surface area contributed by atoms with Crippen LogP contribution < -0.4 is 10.5 Å². The number of aryl methyl sites for hydroxylation is 1. The Morgan fingerprint density at radius 2 is 1.45 bits per heavy atom. The molecule has 33 heavy (non-hydrogen) atoms. The second-order valence-electron chi connectivity index (χ2n) is 9.48. The number of rotatable bonds is 17. The molecule has 0 heterocycles. The van der Waals surface area contributed by atoms with Gasteiger partial charge in [-0.25, -0.2) is 9.59 Å². The summed E-state index contributed by atoms with van der Waals surface area (Å²) >= 11 is 0. The van der Waals surface area contributed by atoms with E-state index in [1.165, 1.54) is 37.8 Å². The number of carbonyl (C=O) groups excluding carboxylic acids is 2. The van der Waals surface area contributed by atoms with Crippen molar-refractivity contribution in [2.45, 2.75) is 96.4 Å². The van der Waals surface area contributed by atoms with Crippen molar-refractivity contribution in [3.05, 3.63) is 29.8 Å². The molecule has 0 aliphatic carbocycles. The lowest BCUT2D eigenvalue weighted by atomic mass is 9.92. The van der Waals surface area contributed by atoms with Crippen LogP contribution in [0.15, 0.2) is 24.3 Å². The van der Waals surface area contributed by atoms with E-state index < -0.39 is 25.6 Å². The van der Waals surface area contributed by atoms with Crippen LogP contribution in [0, 0.1) is 0 Å². The van der Waals surface area contributed by atoms with E-state index in [1.54, 1.807) is 13.8 Å². The van der Waals surface area contributed by atoms with Gasteiger partial charge in [-0.05, 0) is 50.8 Å². The molecule has 0 aliphatic rings. The predicted octanol–water partition coefficient (Wildman–Crippen LogP) is 5.50. The third kappa shape index (κ3) is 10.7. The van der Waals surface area contributed by atoms with E-state index in [0.717, 1.165) is 17.7 Å². The average molecular weight is 480 g/mol. The molecule has 188 valence electrons. The van der Waals surface area contributed by atoms with Crippen LogP contribution in [0.3, 0.4) is 0 Å². The number of unbranched alkanes of at least 4 members (excludes halogenated alkanes) is 3. The van der Waals surface area contributed by atoms with Crippen LogP contribution in [0.2, 0.25) is 25.2 Å². The van der Waals surface area contributed by atoms with Crippen LogP contribution in [0.4, 0.5) is 0 Å². The average Bonchev–Trinajstić information content (AvgIpc) is 2.79. The van der Waals surface area contributed by atoms with E-state index in [-0.39, 0.29) is 19.6 Å². The number of esters is 2. The molecular weight excluding hydrogens is 434 g/mol. The molecule has 1 aromatic carbocycles. The lowest BCUT2D eigenvalue weighted by molar-refractivity contribution is -0.164. The highest BCUT2D eigenvalue weighted by Crippen LogP contribution is 2.22. The summed E-state index contributed by atoms with van der Waals surface area (Å²) in [5.74, 6) is -0.675. The first-order valence-electron chi connectivity index (χ1n) is 12.5. The summed E-state index contributed by atoms with van der Waals surface area (Å²) in [7, 11) is -1.01. The van der Waals surface area contributed by atoms with Crippen molar-refractivity contribution < 1.29 is 23.8 Å². The van der Waals surface area contributed by atoms with Gasteiger partial charge >= 0.3 is 11.9 Å². The lowest BCUT2D eigenvalue weighted by Crippen LogP contribution is -2.57. The van der Waals surface area contributed by atoms with Crippen molar-refractivity contribution in [2.75, 3.05) is 19.8 Å². The van der Waals surface area contributed by atoms with Crippen molar-refractivity contribution in [2.24, 2.45) is 5.73 Å². The lowest BCUT2D eigenvalue weighted by Gasteiger charge is -2.24. The third-order valence-corrected chi connectivity index (χ3v) is 9.40. The maximum Gasteiger partial charge on any atom is 0.337 e. The quantitative estimate of drug-likeness (QED) is 0.137. The molecule has 2 N–H and O–H groups in total. The van der Waals surface area contributed by atoms with E-state index >= 15 is 0 Å². The van der Waals surface area contributed by atoms with Crippen molar-refractivity contribution in [1.82, 2.24) is 0 Å². The number of carbonyl (C=O) groups is 2. The van der Waals surface area contributed by atoms with Gasteiger partial charge in [0.2, 0.25) is 5.54 Å². The number of benzene rings is 1. The first-order chi connectivity index (χ1) is 15.7. The molecule has 1 rings (SSSR count). The van der Waals surface area contributed by atoms with Crippen molar-refractivity contribution >= 4 is 20.0 Å². The third-order valence-electron chi connectivity index (χ3n) is 5.98. The summed E-state index contributed by atoms with van der Waals surface area (Å²) in [5, 5.41) is 0. The molecule has 0 saturated carbocycles. The molecule has 0 amide bonds. The van der Waals surface area contributed by atoms with E-state index in [2.05, 4.69) is 20.0 Å². The molecule has 0 fully saturated rings. The highest BCUT2D eigenvalue weighted by atomic mass is 28.3. The van der Waals surface area contributed by atoms with Gasteiger partial charge in [0.15, 0.2) is 0 Å². The van der Waals surface area contributed by atoms with Crippen molar-refractivity contribution in [3.8, 4) is 5.75 Å². The number of hydrogen-bond donors (Lipinski definition) is 1. The van der Waals surface area contributed by atoms with Gasteiger partial charge in [-0.3, -0.25) is 0 Å². The van der Waals surface area contributed by atoms with Crippen LogP contribution >= 0.6 is 0 Å². The topological polar surface area (TPSA) is 87.9 Å². The Kier molecular flexibility index (Phi) is 13.4. The van der Waals surface area contributed by atoms with E-state index in [1.807, 2.05) is 24.3 Å². The van der Waals surface area contributed by atoms with E-state index in [0.29, 0.717) is 13.0 Å². The minimum absolute atomic E-state index is 0.114. The Hall–Kier alpha value is -1.86. The molecular formula is C26H45NO5Si. The fourth-order valence-corrected chi connectivity index (χ4v) is 6.52. The predicted molar refractivity (Wildman–Crippen MR) is 136 cm³/mol. The Morgan fingerprint density at radius 1 is 0.879 bits per heavy atom. The van der Waals surface area contributed by atoms with Gasteiger partial charge < -0.3 is 19.9 Å². The Bertz CT molecular complexity index is 687. The Balaban J connectivity index is 2.45. The zero-order valence-corrected chi connectivity index (χ0v) is 22.4. The standard InChI is InChI=1S/C26H45NO5Si/c1-6-9-20-33(4,5)21-12-10-11-19-32-23-15-13-22(14-16-23)17-18-26(27,24(28)30-7-2)25(29)31-8-3/h13-16H,6-12,17-21,27H2,1-5H3. The van der Waals surface area contributed by atoms with Crippen molar-refractivity contribution in [3.63, 3.8) is 0 Å². The largest absolute Gasteiger partial charge is 0.494 e. The molecule has 0 aliphatic heterocycles.